The Kier molecular flexibility index (Phi) is 2.50. The molecular weight excluding hydrogens is 174 g/mol. The van der Waals surface area contributed by atoms with E-state index in [2.05, 4.69) is 18.1 Å². The first-order valence-electron chi connectivity index (χ1n) is 4.92. The van der Waals surface area contributed by atoms with Crippen LogP contribution in [0, 0.1) is 5.92 Å². The third-order valence-corrected chi connectivity index (χ3v) is 2.37. The van der Waals surface area contributed by atoms with Gasteiger partial charge in [0.25, 0.3) is 0 Å². The fourth-order valence-corrected chi connectivity index (χ4v) is 1.53. The van der Waals surface area contributed by atoms with E-state index in [1.165, 1.54) is 0 Å². The number of aromatic nitrogens is 2. The molecule has 0 saturated carbocycles. The molecular formula is C11H15N3. The third-order valence-electron chi connectivity index (χ3n) is 2.37. The first kappa shape index (κ1) is 9.21. The molecule has 0 spiro atoms. The number of nitrogens with two attached hydrogens (primary N) is 1. The Hall–Kier alpha value is -1.35. The van der Waals surface area contributed by atoms with Gasteiger partial charge in [0.15, 0.2) is 0 Å². The number of rotatable bonds is 3. The average molecular weight is 189 g/mol. The quantitative estimate of drug-likeness (QED) is 0.794. The zero-order valence-corrected chi connectivity index (χ0v) is 8.35. The Balaban J connectivity index is 2.27. The Bertz CT molecular complexity index is 386. The molecule has 3 heteroatoms. The maximum Gasteiger partial charge on any atom is 0.136 e. The predicted octanol–water partition coefficient (Wildman–Crippen LogP) is 1.47. The molecule has 0 aliphatic carbocycles. The fraction of sp³-hybridized carbons (Fsp3) is 0.364. The molecule has 0 aromatic carbocycles. The van der Waals surface area contributed by atoms with E-state index in [9.17, 15) is 0 Å². The van der Waals surface area contributed by atoms with Crippen molar-refractivity contribution in [2.24, 2.45) is 11.7 Å². The topological polar surface area (TPSA) is 43.3 Å². The van der Waals surface area contributed by atoms with Crippen molar-refractivity contribution in [3.8, 4) is 0 Å². The summed E-state index contributed by atoms with van der Waals surface area (Å²) in [5.74, 6) is 0.500. The summed E-state index contributed by atoms with van der Waals surface area (Å²) in [5.41, 5.74) is 7.71. The molecule has 2 aromatic heterocycles. The maximum atomic E-state index is 5.58. The lowest BCUT2D eigenvalue weighted by Gasteiger charge is -2.03. The van der Waals surface area contributed by atoms with Crippen LogP contribution in [0.15, 0.2) is 30.6 Å². The van der Waals surface area contributed by atoms with Crippen LogP contribution in [-0.4, -0.2) is 15.9 Å². The molecule has 0 saturated heterocycles. The van der Waals surface area contributed by atoms with Crippen LogP contribution in [0.1, 0.15) is 12.6 Å². The summed E-state index contributed by atoms with van der Waals surface area (Å²) in [5, 5.41) is 0. The summed E-state index contributed by atoms with van der Waals surface area (Å²) >= 11 is 0. The summed E-state index contributed by atoms with van der Waals surface area (Å²) in [6.45, 7) is 2.86. The standard InChI is InChI=1S/C11H15N3/c1-9(7-12)6-10-8-14-5-3-2-4-11(14)13-10/h2-5,8-9H,6-7,12H2,1H3. The molecule has 2 heterocycles. The van der Waals surface area contributed by atoms with E-state index >= 15 is 0 Å². The van der Waals surface area contributed by atoms with Crippen LogP contribution in [0.3, 0.4) is 0 Å². The minimum atomic E-state index is 0.500. The lowest BCUT2D eigenvalue weighted by molar-refractivity contribution is 0.586. The fourth-order valence-electron chi connectivity index (χ4n) is 1.53. The highest BCUT2D eigenvalue weighted by Crippen LogP contribution is 2.08. The van der Waals surface area contributed by atoms with Crippen LogP contribution in [-0.2, 0) is 6.42 Å². The van der Waals surface area contributed by atoms with Gasteiger partial charge in [0, 0.05) is 12.4 Å². The zero-order chi connectivity index (χ0) is 9.97. The van der Waals surface area contributed by atoms with Crippen molar-refractivity contribution in [1.82, 2.24) is 9.38 Å². The van der Waals surface area contributed by atoms with E-state index in [1.807, 2.05) is 28.8 Å². The SMILES string of the molecule is CC(CN)Cc1cn2ccccc2n1. The molecule has 2 aromatic rings. The highest BCUT2D eigenvalue weighted by molar-refractivity contribution is 5.39. The second-order valence-electron chi connectivity index (χ2n) is 3.74. The predicted molar refractivity (Wildman–Crippen MR) is 57.1 cm³/mol. The molecule has 0 fully saturated rings. The van der Waals surface area contributed by atoms with Gasteiger partial charge < -0.3 is 10.1 Å². The third kappa shape index (κ3) is 1.77. The van der Waals surface area contributed by atoms with Crippen molar-refractivity contribution in [2.75, 3.05) is 6.54 Å². The largest absolute Gasteiger partial charge is 0.330 e. The zero-order valence-electron chi connectivity index (χ0n) is 8.35. The van der Waals surface area contributed by atoms with Gasteiger partial charge in [-0.1, -0.05) is 13.0 Å². The lowest BCUT2D eigenvalue weighted by atomic mass is 10.1. The molecule has 74 valence electrons. The summed E-state index contributed by atoms with van der Waals surface area (Å²) < 4.78 is 2.04. The van der Waals surface area contributed by atoms with Crippen molar-refractivity contribution < 1.29 is 0 Å². The van der Waals surface area contributed by atoms with Crippen molar-refractivity contribution >= 4 is 5.65 Å². The van der Waals surface area contributed by atoms with E-state index in [0.29, 0.717) is 12.5 Å². The molecule has 14 heavy (non-hydrogen) atoms. The molecule has 0 aliphatic heterocycles. The van der Waals surface area contributed by atoms with Gasteiger partial charge in [-0.15, -0.1) is 0 Å². The van der Waals surface area contributed by atoms with Gasteiger partial charge in [-0.2, -0.15) is 0 Å². The van der Waals surface area contributed by atoms with Crippen molar-refractivity contribution in [1.29, 1.82) is 0 Å². The Morgan fingerprint density at radius 2 is 2.36 bits per heavy atom. The number of pyridine rings is 1. The van der Waals surface area contributed by atoms with Gasteiger partial charge in [-0.3, -0.25) is 0 Å². The van der Waals surface area contributed by atoms with Crippen molar-refractivity contribution in [3.63, 3.8) is 0 Å². The van der Waals surface area contributed by atoms with Gasteiger partial charge in [0.05, 0.1) is 5.69 Å². The molecule has 2 rings (SSSR count). The number of imidazole rings is 1. The van der Waals surface area contributed by atoms with Crippen LogP contribution in [0.25, 0.3) is 5.65 Å². The second-order valence-corrected chi connectivity index (χ2v) is 3.74. The van der Waals surface area contributed by atoms with Crippen molar-refractivity contribution in [2.45, 2.75) is 13.3 Å². The van der Waals surface area contributed by atoms with Crippen molar-refractivity contribution in [3.05, 3.63) is 36.3 Å². The summed E-state index contributed by atoms with van der Waals surface area (Å²) in [6, 6.07) is 6.01. The second kappa shape index (κ2) is 3.80. The first-order valence-corrected chi connectivity index (χ1v) is 4.92. The van der Waals surface area contributed by atoms with Crippen LogP contribution in [0.5, 0.6) is 0 Å². The van der Waals surface area contributed by atoms with E-state index in [-0.39, 0.29) is 0 Å². The van der Waals surface area contributed by atoms with Gasteiger partial charge in [0.2, 0.25) is 0 Å². The smallest absolute Gasteiger partial charge is 0.136 e. The average Bonchev–Trinajstić information content (AvgIpc) is 2.59. The number of fused-ring (bicyclic) bond motifs is 1. The molecule has 1 atom stereocenters. The summed E-state index contributed by atoms with van der Waals surface area (Å²) in [6.07, 6.45) is 5.04. The minimum absolute atomic E-state index is 0.500. The number of nitrogens with zero attached hydrogens (tertiary/aromatic N) is 2. The van der Waals surface area contributed by atoms with E-state index < -0.39 is 0 Å². The Morgan fingerprint density at radius 1 is 1.50 bits per heavy atom. The van der Waals surface area contributed by atoms with Crippen LogP contribution >= 0.6 is 0 Å². The highest BCUT2D eigenvalue weighted by atomic mass is 15.0. The maximum absolute atomic E-state index is 5.58. The van der Waals surface area contributed by atoms with Crippen LogP contribution in [0.2, 0.25) is 0 Å². The molecule has 0 amide bonds. The highest BCUT2D eigenvalue weighted by Gasteiger charge is 2.05. The van der Waals surface area contributed by atoms with Gasteiger partial charge in [0.1, 0.15) is 5.65 Å². The summed E-state index contributed by atoms with van der Waals surface area (Å²) in [4.78, 5) is 4.51. The van der Waals surface area contributed by atoms with E-state index in [1.54, 1.807) is 0 Å². The van der Waals surface area contributed by atoms with E-state index in [0.717, 1.165) is 17.8 Å². The first-order chi connectivity index (χ1) is 6.79. The van der Waals surface area contributed by atoms with Gasteiger partial charge in [-0.25, -0.2) is 4.98 Å². The molecule has 0 bridgehead atoms. The Labute approximate surface area is 83.6 Å². The number of hydrogen-bond acceptors (Lipinski definition) is 2. The molecule has 0 aliphatic rings. The number of hydrogen-bond donors (Lipinski definition) is 1. The minimum Gasteiger partial charge on any atom is -0.330 e. The van der Waals surface area contributed by atoms with Crippen LogP contribution in [0.4, 0.5) is 0 Å². The molecule has 3 nitrogen and oxygen atoms in total. The Morgan fingerprint density at radius 3 is 3.07 bits per heavy atom. The molecule has 2 N–H and O–H groups in total. The van der Waals surface area contributed by atoms with Gasteiger partial charge in [-0.05, 0) is 31.0 Å². The monoisotopic (exact) mass is 189 g/mol. The van der Waals surface area contributed by atoms with Crippen LogP contribution < -0.4 is 5.73 Å². The van der Waals surface area contributed by atoms with Gasteiger partial charge >= 0.3 is 0 Å². The van der Waals surface area contributed by atoms with E-state index in [4.69, 9.17) is 5.73 Å². The lowest BCUT2D eigenvalue weighted by Crippen LogP contribution is -2.13. The molecule has 0 radical (unpaired) electrons. The normalized spacial score (nSPS) is 13.3. The molecule has 1 unspecified atom stereocenters. The summed E-state index contributed by atoms with van der Waals surface area (Å²) in [7, 11) is 0.